The highest BCUT2D eigenvalue weighted by molar-refractivity contribution is 7.89. The molecule has 4 atom stereocenters. The fraction of sp³-hybridized carbons (Fsp3) is 0.696. The highest BCUT2D eigenvalue weighted by Gasteiger charge is 2.45. The summed E-state index contributed by atoms with van der Waals surface area (Å²) in [4.78, 5) is 13.1. The third kappa shape index (κ3) is 6.05. The van der Waals surface area contributed by atoms with E-state index >= 15 is 0 Å². The lowest BCUT2D eigenvalue weighted by atomic mass is 9.73. The van der Waals surface area contributed by atoms with Gasteiger partial charge in [0.2, 0.25) is 15.9 Å². The molecule has 1 aromatic rings. The highest BCUT2D eigenvalue weighted by Crippen LogP contribution is 2.39. The second kappa shape index (κ2) is 9.37. The summed E-state index contributed by atoms with van der Waals surface area (Å²) in [6.45, 7) is 6.20. The molecule has 0 spiro atoms. The summed E-state index contributed by atoms with van der Waals surface area (Å²) < 4.78 is 28.3. The van der Waals surface area contributed by atoms with Crippen molar-refractivity contribution in [3.8, 4) is 0 Å². The molecule has 2 fully saturated rings. The maximum atomic E-state index is 13.4. The van der Waals surface area contributed by atoms with Crippen molar-refractivity contribution in [2.24, 2.45) is 17.6 Å². The average Bonchev–Trinajstić information content (AvgIpc) is 2.66. The molecule has 0 unspecified atom stereocenters. The van der Waals surface area contributed by atoms with Gasteiger partial charge in [-0.05, 0) is 57.4 Å². The first-order chi connectivity index (χ1) is 14.0. The van der Waals surface area contributed by atoms with E-state index in [4.69, 9.17) is 5.73 Å². The van der Waals surface area contributed by atoms with Crippen LogP contribution in [0.5, 0.6) is 0 Å². The number of fused-ring (bicyclic) bond motifs is 1. The maximum Gasteiger partial charge on any atom is 0.238 e. The smallest absolute Gasteiger partial charge is 0.238 e. The van der Waals surface area contributed by atoms with Crippen molar-refractivity contribution < 1.29 is 13.2 Å². The standard InChI is InChI=1S/C23H37N3O3S/c1-23(2,3)25-22(27)21-14-18-11-7-8-12-19(18)15-26(21)30(28,29)16-20(24)13-17-9-5-4-6-10-17/h4-6,9-10,18-21H,7-8,11-16,24H2,1-3H3,(H,25,27)/t18-,19+,20-,21-/m0/s1. The van der Waals surface area contributed by atoms with E-state index in [1.54, 1.807) is 0 Å². The number of hydrogen-bond acceptors (Lipinski definition) is 4. The number of rotatable bonds is 6. The first-order valence-electron chi connectivity index (χ1n) is 11.2. The molecular formula is C23H37N3O3S. The summed E-state index contributed by atoms with van der Waals surface area (Å²) in [6.07, 6.45) is 5.55. The Kier molecular flexibility index (Phi) is 7.25. The van der Waals surface area contributed by atoms with E-state index in [1.165, 1.54) is 10.7 Å². The lowest BCUT2D eigenvalue weighted by Crippen LogP contribution is -2.60. The fourth-order valence-corrected chi connectivity index (χ4v) is 6.78. The van der Waals surface area contributed by atoms with E-state index in [9.17, 15) is 13.2 Å². The van der Waals surface area contributed by atoms with Crippen molar-refractivity contribution in [2.75, 3.05) is 12.3 Å². The van der Waals surface area contributed by atoms with Crippen molar-refractivity contribution in [1.29, 1.82) is 0 Å². The molecule has 1 saturated carbocycles. The number of benzene rings is 1. The van der Waals surface area contributed by atoms with Crippen molar-refractivity contribution in [1.82, 2.24) is 9.62 Å². The lowest BCUT2D eigenvalue weighted by molar-refractivity contribution is -0.128. The van der Waals surface area contributed by atoms with E-state index in [0.29, 0.717) is 31.2 Å². The molecule has 0 bridgehead atoms. The Morgan fingerprint density at radius 1 is 1.17 bits per heavy atom. The van der Waals surface area contributed by atoms with Crippen molar-refractivity contribution in [3.63, 3.8) is 0 Å². The zero-order chi connectivity index (χ0) is 21.9. The second-order valence-corrected chi connectivity index (χ2v) is 12.1. The quantitative estimate of drug-likeness (QED) is 0.718. The van der Waals surface area contributed by atoms with Gasteiger partial charge in [-0.25, -0.2) is 8.42 Å². The molecule has 168 valence electrons. The van der Waals surface area contributed by atoms with E-state index in [-0.39, 0.29) is 11.7 Å². The number of sulfonamides is 1. The van der Waals surface area contributed by atoms with Gasteiger partial charge in [0.25, 0.3) is 0 Å². The highest BCUT2D eigenvalue weighted by atomic mass is 32.2. The minimum absolute atomic E-state index is 0.140. The monoisotopic (exact) mass is 435 g/mol. The predicted molar refractivity (Wildman–Crippen MR) is 120 cm³/mol. The third-order valence-electron chi connectivity index (χ3n) is 6.28. The number of piperidine rings is 1. The van der Waals surface area contributed by atoms with E-state index in [0.717, 1.165) is 24.8 Å². The number of carbonyl (C=O) groups is 1. The normalized spacial score (nSPS) is 26.6. The Morgan fingerprint density at radius 2 is 1.80 bits per heavy atom. The molecule has 0 radical (unpaired) electrons. The molecule has 0 aromatic heterocycles. The van der Waals surface area contributed by atoms with Gasteiger partial charge in [0.1, 0.15) is 6.04 Å². The van der Waals surface area contributed by atoms with Crippen LogP contribution in [0.2, 0.25) is 0 Å². The first kappa shape index (κ1) is 23.2. The molecule has 3 rings (SSSR count). The maximum absolute atomic E-state index is 13.4. The first-order valence-corrected chi connectivity index (χ1v) is 12.8. The van der Waals surface area contributed by atoms with Gasteiger partial charge in [0, 0.05) is 18.1 Å². The van der Waals surface area contributed by atoms with Crippen LogP contribution in [0, 0.1) is 11.8 Å². The Bertz CT molecular complexity index is 820. The van der Waals surface area contributed by atoms with E-state index in [1.807, 2.05) is 51.1 Å². The summed E-state index contributed by atoms with van der Waals surface area (Å²) in [5, 5.41) is 3.00. The molecule has 1 saturated heterocycles. The third-order valence-corrected chi connectivity index (χ3v) is 8.25. The second-order valence-electron chi connectivity index (χ2n) is 10.1. The SMILES string of the molecule is CC(C)(C)NC(=O)[C@@H]1C[C@@H]2CCCC[C@@H]2CN1S(=O)(=O)C[C@@H](N)Cc1ccccc1. The van der Waals surface area contributed by atoms with Crippen LogP contribution in [-0.2, 0) is 21.2 Å². The number of nitrogens with one attached hydrogen (secondary N) is 1. The van der Waals surface area contributed by atoms with Crippen LogP contribution >= 0.6 is 0 Å². The van der Waals surface area contributed by atoms with Gasteiger partial charge in [0.15, 0.2) is 0 Å². The van der Waals surface area contributed by atoms with Gasteiger partial charge >= 0.3 is 0 Å². The minimum atomic E-state index is -3.66. The molecule has 30 heavy (non-hydrogen) atoms. The summed E-state index contributed by atoms with van der Waals surface area (Å²) in [6, 6.07) is 8.55. The number of nitrogens with zero attached hydrogens (tertiary/aromatic N) is 1. The Morgan fingerprint density at radius 3 is 2.43 bits per heavy atom. The predicted octanol–water partition coefficient (Wildman–Crippen LogP) is 2.68. The average molecular weight is 436 g/mol. The van der Waals surface area contributed by atoms with E-state index in [2.05, 4.69) is 5.32 Å². The lowest BCUT2D eigenvalue weighted by Gasteiger charge is -2.45. The fourth-order valence-electron chi connectivity index (χ4n) is 4.94. The Hall–Kier alpha value is -1.44. The number of nitrogens with two attached hydrogens (primary N) is 1. The zero-order valence-corrected chi connectivity index (χ0v) is 19.3. The molecule has 1 amide bonds. The van der Waals surface area contributed by atoms with Crippen molar-refractivity contribution in [2.45, 2.75) is 76.9 Å². The van der Waals surface area contributed by atoms with Crippen molar-refractivity contribution >= 4 is 15.9 Å². The van der Waals surface area contributed by atoms with Crippen LogP contribution in [0.1, 0.15) is 58.4 Å². The van der Waals surface area contributed by atoms with Gasteiger partial charge < -0.3 is 11.1 Å². The van der Waals surface area contributed by atoms with Gasteiger partial charge in [-0.1, -0.05) is 49.6 Å². The molecule has 1 aliphatic carbocycles. The van der Waals surface area contributed by atoms with Crippen LogP contribution in [-0.4, -0.2) is 48.6 Å². The van der Waals surface area contributed by atoms with Crippen LogP contribution in [0.4, 0.5) is 0 Å². The largest absolute Gasteiger partial charge is 0.350 e. The number of hydrogen-bond donors (Lipinski definition) is 2. The molecule has 2 aliphatic rings. The van der Waals surface area contributed by atoms with Crippen LogP contribution in [0.25, 0.3) is 0 Å². The van der Waals surface area contributed by atoms with Crippen LogP contribution < -0.4 is 11.1 Å². The summed E-state index contributed by atoms with van der Waals surface area (Å²) >= 11 is 0. The molecular weight excluding hydrogens is 398 g/mol. The minimum Gasteiger partial charge on any atom is -0.350 e. The molecule has 1 aliphatic heterocycles. The topological polar surface area (TPSA) is 92.5 Å². The zero-order valence-electron chi connectivity index (χ0n) is 18.5. The molecule has 6 nitrogen and oxygen atoms in total. The Labute approximate surface area is 181 Å². The van der Waals surface area contributed by atoms with Crippen LogP contribution in [0.3, 0.4) is 0 Å². The van der Waals surface area contributed by atoms with Gasteiger partial charge in [-0.3, -0.25) is 4.79 Å². The summed E-state index contributed by atoms with van der Waals surface area (Å²) in [7, 11) is -3.66. The Balaban J connectivity index is 1.77. The van der Waals surface area contributed by atoms with Crippen molar-refractivity contribution in [3.05, 3.63) is 35.9 Å². The number of carbonyl (C=O) groups excluding carboxylic acids is 1. The molecule has 7 heteroatoms. The molecule has 1 aromatic carbocycles. The summed E-state index contributed by atoms with van der Waals surface area (Å²) in [5.41, 5.74) is 6.87. The number of amides is 1. The van der Waals surface area contributed by atoms with Crippen LogP contribution in [0.15, 0.2) is 30.3 Å². The van der Waals surface area contributed by atoms with E-state index < -0.39 is 27.6 Å². The van der Waals surface area contributed by atoms with Gasteiger partial charge in [-0.2, -0.15) is 4.31 Å². The van der Waals surface area contributed by atoms with Gasteiger partial charge in [0.05, 0.1) is 5.75 Å². The van der Waals surface area contributed by atoms with Gasteiger partial charge in [-0.15, -0.1) is 0 Å². The molecule has 3 N–H and O–H groups in total. The molecule has 1 heterocycles. The summed E-state index contributed by atoms with van der Waals surface area (Å²) in [5.74, 6) is 0.446.